The van der Waals surface area contributed by atoms with Crippen LogP contribution in [0.1, 0.15) is 43.7 Å². The van der Waals surface area contributed by atoms with Gasteiger partial charge < -0.3 is 47.9 Å². The number of unbranched alkanes of at least 4 members (excludes halogenated alkanes) is 1. The summed E-state index contributed by atoms with van der Waals surface area (Å²) in [6.07, 6.45) is -8.87. The van der Waals surface area contributed by atoms with E-state index in [0.717, 1.165) is 18.2 Å². The highest BCUT2D eigenvalue weighted by atomic mass is 19.4. The molecule has 3 aromatic carbocycles. The van der Waals surface area contributed by atoms with Crippen LogP contribution in [0.3, 0.4) is 0 Å². The zero-order chi connectivity index (χ0) is 38.1. The lowest BCUT2D eigenvalue weighted by Crippen LogP contribution is -2.25. The molecule has 0 bridgehead atoms. The predicted octanol–water partition coefficient (Wildman–Crippen LogP) is 6.29. The van der Waals surface area contributed by atoms with E-state index in [0.29, 0.717) is 38.4 Å². The van der Waals surface area contributed by atoms with Crippen molar-refractivity contribution in [2.24, 2.45) is 27.2 Å². The van der Waals surface area contributed by atoms with Gasteiger partial charge in [-0.1, -0.05) is 6.07 Å². The third kappa shape index (κ3) is 12.0. The summed E-state index contributed by atoms with van der Waals surface area (Å²) in [4.78, 5) is 33.7. The molecule has 13 nitrogen and oxygen atoms in total. The number of aliphatic imine (C=N–C) groups is 2. The third-order valence-electron chi connectivity index (χ3n) is 7.20. The van der Waals surface area contributed by atoms with Gasteiger partial charge in [0.05, 0.1) is 34.0 Å². The molecular formula is C33H37F6N9O4. The molecule has 0 radical (unpaired) electrons. The number of urea groups is 1. The number of ether oxygens (including phenoxy) is 2. The predicted molar refractivity (Wildman–Crippen MR) is 184 cm³/mol. The van der Waals surface area contributed by atoms with Crippen LogP contribution in [-0.2, 0) is 17.1 Å². The fourth-order valence-electron chi connectivity index (χ4n) is 4.95. The summed E-state index contributed by atoms with van der Waals surface area (Å²) in [6.45, 7) is 2.60. The van der Waals surface area contributed by atoms with Crippen molar-refractivity contribution in [2.75, 3.05) is 35.6 Å². The summed E-state index contributed by atoms with van der Waals surface area (Å²) in [5, 5.41) is 10.4. The Morgan fingerprint density at radius 1 is 0.885 bits per heavy atom. The van der Waals surface area contributed by atoms with Crippen LogP contribution in [0.25, 0.3) is 0 Å². The van der Waals surface area contributed by atoms with Crippen molar-refractivity contribution in [3.8, 4) is 17.2 Å². The number of guanidine groups is 1. The number of nitrogens with zero attached hydrogens (tertiary/aromatic N) is 2. The van der Waals surface area contributed by atoms with Gasteiger partial charge in [-0.3, -0.25) is 9.79 Å². The molecule has 10 N–H and O–H groups in total. The number of benzene rings is 3. The Labute approximate surface area is 294 Å². The topological polar surface area (TPSA) is 204 Å². The maximum Gasteiger partial charge on any atom is 0.416 e. The Hall–Kier alpha value is -5.72. The summed E-state index contributed by atoms with van der Waals surface area (Å²) in [5.41, 5.74) is 13.2. The molecule has 1 fully saturated rings. The molecule has 19 heteroatoms. The molecule has 1 aliphatic rings. The van der Waals surface area contributed by atoms with E-state index in [1.807, 2.05) is 0 Å². The fraction of sp³-hybridized carbons (Fsp3) is 0.333. The number of amides is 3. The zero-order valence-corrected chi connectivity index (χ0v) is 27.8. The molecule has 3 aromatic rings. The van der Waals surface area contributed by atoms with Crippen molar-refractivity contribution in [1.82, 2.24) is 5.32 Å². The minimum absolute atomic E-state index is 0.0108. The van der Waals surface area contributed by atoms with E-state index < -0.39 is 41.5 Å². The van der Waals surface area contributed by atoms with Gasteiger partial charge >= 0.3 is 18.4 Å². The zero-order valence-electron chi connectivity index (χ0n) is 27.8. The molecule has 0 saturated carbocycles. The number of anilines is 3. The average molecular weight is 738 g/mol. The lowest BCUT2D eigenvalue weighted by molar-refractivity contribution is -0.138. The van der Waals surface area contributed by atoms with E-state index in [-0.39, 0.29) is 64.8 Å². The number of hydrogen-bond donors (Lipinski definition) is 7. The highest BCUT2D eigenvalue weighted by molar-refractivity contribution is 6.03. The summed E-state index contributed by atoms with van der Waals surface area (Å²) < 4.78 is 94.4. The maximum absolute atomic E-state index is 14.0. The van der Waals surface area contributed by atoms with Gasteiger partial charge in [0, 0.05) is 37.3 Å². The van der Waals surface area contributed by atoms with Gasteiger partial charge in [0.1, 0.15) is 17.6 Å². The number of carbonyl (C=O) groups is 2. The number of rotatable bonds is 13. The third-order valence-corrected chi connectivity index (χ3v) is 7.20. The molecule has 0 aliphatic carbocycles. The normalized spacial score (nSPS) is 14.8. The van der Waals surface area contributed by atoms with Crippen molar-refractivity contribution >= 4 is 46.5 Å². The summed E-state index contributed by atoms with van der Waals surface area (Å²) in [6, 6.07) is 8.72. The molecule has 1 saturated heterocycles. The molecule has 3 amide bonds. The van der Waals surface area contributed by atoms with Crippen LogP contribution < -0.4 is 47.9 Å². The first-order valence-electron chi connectivity index (χ1n) is 15.8. The number of nitrogens with one attached hydrogen (secondary N) is 4. The van der Waals surface area contributed by atoms with Crippen LogP contribution in [-0.4, -0.2) is 49.5 Å². The monoisotopic (exact) mass is 737 g/mol. The van der Waals surface area contributed by atoms with Crippen LogP contribution in [0, 0.1) is 0 Å². The van der Waals surface area contributed by atoms with Crippen molar-refractivity contribution in [2.45, 2.75) is 51.1 Å². The Bertz CT molecular complexity index is 1800. The largest absolute Gasteiger partial charge is 0.485 e. The van der Waals surface area contributed by atoms with Crippen molar-refractivity contribution < 1.29 is 45.4 Å². The van der Waals surface area contributed by atoms with Crippen LogP contribution in [0.15, 0.2) is 64.6 Å². The maximum atomic E-state index is 14.0. The molecule has 1 atom stereocenters. The molecule has 1 heterocycles. The number of alkyl halides is 6. The minimum Gasteiger partial charge on any atom is -0.485 e. The van der Waals surface area contributed by atoms with Crippen molar-refractivity contribution in [3.05, 3.63) is 65.7 Å². The van der Waals surface area contributed by atoms with E-state index in [4.69, 9.17) is 26.7 Å². The molecule has 1 aliphatic heterocycles. The smallest absolute Gasteiger partial charge is 0.416 e. The molecule has 52 heavy (non-hydrogen) atoms. The highest BCUT2D eigenvalue weighted by Gasteiger charge is 2.34. The highest BCUT2D eigenvalue weighted by Crippen LogP contribution is 2.42. The van der Waals surface area contributed by atoms with Crippen LogP contribution in [0.5, 0.6) is 17.2 Å². The quantitative estimate of drug-likeness (QED) is 0.0459. The molecule has 0 spiro atoms. The lowest BCUT2D eigenvalue weighted by atomic mass is 10.1. The van der Waals surface area contributed by atoms with Crippen molar-refractivity contribution in [1.29, 1.82) is 0 Å². The van der Waals surface area contributed by atoms with Crippen LogP contribution in [0.2, 0.25) is 0 Å². The second-order valence-electron chi connectivity index (χ2n) is 11.6. The first-order valence-corrected chi connectivity index (χ1v) is 15.8. The molecule has 280 valence electrons. The van der Waals surface area contributed by atoms with E-state index in [1.165, 1.54) is 37.3 Å². The molecule has 0 aromatic heterocycles. The summed E-state index contributed by atoms with van der Waals surface area (Å²) >= 11 is 0. The summed E-state index contributed by atoms with van der Waals surface area (Å²) in [7, 11) is 0. The van der Waals surface area contributed by atoms with Gasteiger partial charge in [-0.05, 0) is 69.1 Å². The standard InChI is InChI=1S/C33H37F6N9O4/c1-18(40)45-22-11-19(32(34,35)36)12-25(16-22)51-23-6-4-5-21(15-23)46-31(50)48-27-14-20(33(37,38)39)13-26(29(27)52-24-8-10-43-17-24)47-28(49)7-2-3-9-44-30(41)42/h4-6,11-16,24,43H,2-3,7-10,17H2,1H3,(H2,40,45)(H,47,49)(H4,41,42,44)(H2,46,48,50). The number of hydrogen-bond acceptors (Lipinski definition) is 7. The van der Waals surface area contributed by atoms with Gasteiger partial charge in [0.15, 0.2) is 11.7 Å². The molecular weight excluding hydrogens is 700 g/mol. The van der Waals surface area contributed by atoms with Gasteiger partial charge in [-0.25, -0.2) is 9.79 Å². The number of amidine groups is 1. The number of carbonyl (C=O) groups excluding carboxylic acids is 2. The second kappa shape index (κ2) is 17.0. The number of halogens is 6. The van der Waals surface area contributed by atoms with Crippen LogP contribution in [0.4, 0.5) is 53.9 Å². The minimum atomic E-state index is -4.87. The Balaban J connectivity index is 1.58. The first kappa shape index (κ1) is 39.1. The van der Waals surface area contributed by atoms with E-state index in [1.54, 1.807) is 0 Å². The second-order valence-corrected chi connectivity index (χ2v) is 11.6. The Kier molecular flexibility index (Phi) is 12.8. The van der Waals surface area contributed by atoms with Gasteiger partial charge in [0.25, 0.3) is 0 Å². The molecule has 4 rings (SSSR count). The van der Waals surface area contributed by atoms with E-state index in [9.17, 15) is 35.9 Å². The van der Waals surface area contributed by atoms with Gasteiger partial charge in [-0.15, -0.1) is 0 Å². The van der Waals surface area contributed by atoms with E-state index >= 15 is 0 Å². The SMILES string of the molecule is CC(N)=Nc1cc(Oc2cccc(NC(=O)Nc3cc(C(F)(F)F)cc(NC(=O)CCCCN=C(N)N)c3OC3CCNC3)c2)cc(C(F)(F)F)c1. The lowest BCUT2D eigenvalue weighted by Gasteiger charge is -2.22. The van der Waals surface area contributed by atoms with Crippen molar-refractivity contribution in [3.63, 3.8) is 0 Å². The fourth-order valence-corrected chi connectivity index (χ4v) is 4.95. The molecule has 1 unspecified atom stereocenters. The first-order chi connectivity index (χ1) is 24.5. The van der Waals surface area contributed by atoms with Gasteiger partial charge in [0.2, 0.25) is 5.91 Å². The number of nitrogens with two attached hydrogens (primary N) is 3. The summed E-state index contributed by atoms with van der Waals surface area (Å²) in [5.74, 6) is -1.12. The van der Waals surface area contributed by atoms with E-state index in [2.05, 4.69) is 31.3 Å². The average Bonchev–Trinajstić information content (AvgIpc) is 3.54. The van der Waals surface area contributed by atoms with Crippen LogP contribution >= 0.6 is 0 Å². The van der Waals surface area contributed by atoms with Gasteiger partial charge in [-0.2, -0.15) is 26.3 Å². The Morgan fingerprint density at radius 3 is 2.21 bits per heavy atom. The Morgan fingerprint density at radius 2 is 1.58 bits per heavy atom.